The summed E-state index contributed by atoms with van der Waals surface area (Å²) in [5.74, 6) is 1.61. The molecule has 31 heavy (non-hydrogen) atoms. The lowest BCUT2D eigenvalue weighted by Gasteiger charge is -2.07. The van der Waals surface area contributed by atoms with Crippen molar-refractivity contribution in [2.45, 2.75) is 13.2 Å². The van der Waals surface area contributed by atoms with Gasteiger partial charge in [0.25, 0.3) is 5.91 Å². The highest BCUT2D eigenvalue weighted by atomic mass is 16.7. The Morgan fingerprint density at radius 2 is 1.77 bits per heavy atom. The molecule has 1 N–H and O–H groups in total. The molecule has 1 aliphatic rings. The van der Waals surface area contributed by atoms with E-state index in [1.807, 2.05) is 72.8 Å². The molecule has 0 atom stereocenters. The molecule has 0 saturated heterocycles. The molecule has 0 saturated carbocycles. The fraction of sp³-hybridized carbons (Fsp3) is 0.120. The maximum Gasteiger partial charge on any atom is 0.262 e. The SMILES string of the molecule is N#C/C(=C\c1ccc(OCc2ccccc2)cc1)C(=O)NCc1ccc2c(c1)OCO2. The minimum absolute atomic E-state index is 0.0266. The fourth-order valence-electron chi connectivity index (χ4n) is 3.04. The Balaban J connectivity index is 1.34. The van der Waals surface area contributed by atoms with Crippen molar-refractivity contribution in [1.29, 1.82) is 5.26 Å². The number of nitrogens with zero attached hydrogens (tertiary/aromatic N) is 1. The maximum absolute atomic E-state index is 12.4. The number of fused-ring (bicyclic) bond motifs is 1. The smallest absolute Gasteiger partial charge is 0.262 e. The molecular weight excluding hydrogens is 392 g/mol. The lowest BCUT2D eigenvalue weighted by atomic mass is 10.1. The van der Waals surface area contributed by atoms with Gasteiger partial charge in [0.1, 0.15) is 24.0 Å². The molecule has 0 aromatic heterocycles. The minimum atomic E-state index is -0.440. The molecule has 0 fully saturated rings. The van der Waals surface area contributed by atoms with Gasteiger partial charge in [-0.2, -0.15) is 5.26 Å². The van der Waals surface area contributed by atoms with E-state index in [2.05, 4.69) is 5.32 Å². The van der Waals surface area contributed by atoms with Crippen molar-refractivity contribution in [3.05, 3.63) is 95.1 Å². The van der Waals surface area contributed by atoms with Crippen LogP contribution in [0.3, 0.4) is 0 Å². The zero-order valence-corrected chi connectivity index (χ0v) is 16.7. The van der Waals surface area contributed by atoms with Crippen LogP contribution in [0.25, 0.3) is 6.08 Å². The van der Waals surface area contributed by atoms with E-state index in [1.165, 1.54) is 0 Å². The first-order valence-electron chi connectivity index (χ1n) is 9.76. The van der Waals surface area contributed by atoms with Crippen molar-refractivity contribution in [2.75, 3.05) is 6.79 Å². The number of nitriles is 1. The summed E-state index contributed by atoms with van der Waals surface area (Å²) in [6.07, 6.45) is 1.55. The first kappa shape index (κ1) is 20.0. The Morgan fingerprint density at radius 3 is 2.55 bits per heavy atom. The molecule has 6 nitrogen and oxygen atoms in total. The molecule has 0 radical (unpaired) electrons. The van der Waals surface area contributed by atoms with Crippen molar-refractivity contribution >= 4 is 12.0 Å². The second-order valence-electron chi connectivity index (χ2n) is 6.88. The maximum atomic E-state index is 12.4. The normalized spacial score (nSPS) is 12.2. The number of benzene rings is 3. The molecule has 4 rings (SSSR count). The highest BCUT2D eigenvalue weighted by Crippen LogP contribution is 2.32. The Labute approximate surface area is 180 Å². The third kappa shape index (κ3) is 5.22. The van der Waals surface area contributed by atoms with Crippen LogP contribution in [0.1, 0.15) is 16.7 Å². The van der Waals surface area contributed by atoms with Crippen LogP contribution in [0.15, 0.2) is 78.4 Å². The third-order valence-corrected chi connectivity index (χ3v) is 4.69. The lowest BCUT2D eigenvalue weighted by Crippen LogP contribution is -2.23. The van der Waals surface area contributed by atoms with Gasteiger partial charge in [-0.25, -0.2) is 0 Å². The predicted molar refractivity (Wildman–Crippen MR) is 115 cm³/mol. The second-order valence-corrected chi connectivity index (χ2v) is 6.88. The van der Waals surface area contributed by atoms with E-state index in [4.69, 9.17) is 14.2 Å². The van der Waals surface area contributed by atoms with Crippen LogP contribution in [-0.2, 0) is 17.9 Å². The number of hydrogen-bond donors (Lipinski definition) is 1. The summed E-state index contributed by atoms with van der Waals surface area (Å²) in [6.45, 7) is 0.949. The largest absolute Gasteiger partial charge is 0.489 e. The summed E-state index contributed by atoms with van der Waals surface area (Å²) < 4.78 is 16.4. The Morgan fingerprint density at radius 1 is 1.00 bits per heavy atom. The standard InChI is InChI=1S/C25H20N2O4/c26-14-21(25(28)27-15-20-8-11-23-24(13-20)31-17-30-23)12-18-6-9-22(10-7-18)29-16-19-4-2-1-3-5-19/h1-13H,15-17H2,(H,27,28)/b21-12+. The fourth-order valence-corrected chi connectivity index (χ4v) is 3.04. The average molecular weight is 412 g/mol. The van der Waals surface area contributed by atoms with Crippen LogP contribution in [0.5, 0.6) is 17.2 Å². The van der Waals surface area contributed by atoms with Gasteiger partial charge in [0.15, 0.2) is 11.5 Å². The van der Waals surface area contributed by atoms with Gasteiger partial charge in [0, 0.05) is 6.54 Å². The van der Waals surface area contributed by atoms with Crippen LogP contribution < -0.4 is 19.5 Å². The van der Waals surface area contributed by atoms with E-state index in [-0.39, 0.29) is 18.9 Å². The molecule has 0 aliphatic carbocycles. The zero-order valence-electron chi connectivity index (χ0n) is 16.7. The molecule has 1 aliphatic heterocycles. The topological polar surface area (TPSA) is 80.6 Å². The molecule has 3 aromatic carbocycles. The van der Waals surface area contributed by atoms with Crippen LogP contribution in [0.4, 0.5) is 0 Å². The van der Waals surface area contributed by atoms with Crippen molar-refractivity contribution in [3.8, 4) is 23.3 Å². The monoisotopic (exact) mass is 412 g/mol. The first-order valence-corrected chi connectivity index (χ1v) is 9.76. The molecule has 6 heteroatoms. The van der Waals surface area contributed by atoms with Crippen molar-refractivity contribution in [2.24, 2.45) is 0 Å². The Hall–Kier alpha value is -4.24. The molecule has 1 amide bonds. The van der Waals surface area contributed by atoms with Crippen molar-refractivity contribution in [3.63, 3.8) is 0 Å². The van der Waals surface area contributed by atoms with Crippen molar-refractivity contribution in [1.82, 2.24) is 5.32 Å². The van der Waals surface area contributed by atoms with E-state index >= 15 is 0 Å². The van der Waals surface area contributed by atoms with Crippen LogP contribution in [0.2, 0.25) is 0 Å². The molecule has 154 valence electrons. The quantitative estimate of drug-likeness (QED) is 0.464. The number of rotatable bonds is 7. The molecule has 3 aromatic rings. The van der Waals surface area contributed by atoms with Crippen LogP contribution in [-0.4, -0.2) is 12.7 Å². The molecule has 0 spiro atoms. The summed E-state index contributed by atoms with van der Waals surface area (Å²) in [6, 6.07) is 24.6. The van der Waals surface area contributed by atoms with Gasteiger partial charge >= 0.3 is 0 Å². The van der Waals surface area contributed by atoms with E-state index in [9.17, 15) is 10.1 Å². The van der Waals surface area contributed by atoms with Crippen LogP contribution >= 0.6 is 0 Å². The summed E-state index contributed by atoms with van der Waals surface area (Å²) in [5, 5.41) is 12.2. The Bertz CT molecular complexity index is 1130. The van der Waals surface area contributed by atoms with Gasteiger partial charge in [-0.1, -0.05) is 48.5 Å². The van der Waals surface area contributed by atoms with Gasteiger partial charge < -0.3 is 19.5 Å². The second kappa shape index (κ2) is 9.51. The van der Waals surface area contributed by atoms with Crippen LogP contribution in [0, 0.1) is 11.3 Å². The highest BCUT2D eigenvalue weighted by Gasteiger charge is 2.14. The zero-order chi connectivity index (χ0) is 21.5. The van der Waals surface area contributed by atoms with Gasteiger partial charge in [-0.15, -0.1) is 0 Å². The molecule has 0 bridgehead atoms. The van der Waals surface area contributed by atoms with Gasteiger partial charge in [-0.3, -0.25) is 4.79 Å². The number of carbonyl (C=O) groups excluding carboxylic acids is 1. The molecular formula is C25H20N2O4. The summed E-state index contributed by atoms with van der Waals surface area (Å²) in [5.41, 5.74) is 2.70. The number of nitrogens with one attached hydrogen (secondary N) is 1. The van der Waals surface area contributed by atoms with E-state index in [0.717, 1.165) is 16.7 Å². The number of ether oxygens (including phenoxy) is 3. The summed E-state index contributed by atoms with van der Waals surface area (Å²) in [7, 11) is 0. The lowest BCUT2D eigenvalue weighted by molar-refractivity contribution is -0.117. The summed E-state index contributed by atoms with van der Waals surface area (Å²) in [4.78, 5) is 12.4. The van der Waals surface area contributed by atoms with E-state index in [0.29, 0.717) is 23.9 Å². The Kier molecular flexibility index (Phi) is 6.15. The van der Waals surface area contributed by atoms with Gasteiger partial charge in [0.2, 0.25) is 6.79 Å². The van der Waals surface area contributed by atoms with E-state index in [1.54, 1.807) is 12.1 Å². The summed E-state index contributed by atoms with van der Waals surface area (Å²) >= 11 is 0. The third-order valence-electron chi connectivity index (χ3n) is 4.69. The van der Waals surface area contributed by atoms with E-state index < -0.39 is 5.91 Å². The highest BCUT2D eigenvalue weighted by molar-refractivity contribution is 6.01. The van der Waals surface area contributed by atoms with Gasteiger partial charge in [-0.05, 0) is 47.0 Å². The van der Waals surface area contributed by atoms with Crippen molar-refractivity contribution < 1.29 is 19.0 Å². The molecule has 1 heterocycles. The minimum Gasteiger partial charge on any atom is -0.489 e. The number of carbonyl (C=O) groups is 1. The molecule has 0 unspecified atom stereocenters. The van der Waals surface area contributed by atoms with Gasteiger partial charge in [0.05, 0.1) is 0 Å². The first-order chi connectivity index (χ1) is 15.2. The average Bonchev–Trinajstić information content (AvgIpc) is 3.29. The number of hydrogen-bond acceptors (Lipinski definition) is 5. The predicted octanol–water partition coefficient (Wildman–Crippen LogP) is 4.22. The number of amides is 1.